The number of aromatic nitrogens is 2. The number of benzene rings is 3. The minimum absolute atomic E-state index is 0.141. The summed E-state index contributed by atoms with van der Waals surface area (Å²) in [7, 11) is 1.61. The van der Waals surface area contributed by atoms with E-state index in [0.29, 0.717) is 29.3 Å². The van der Waals surface area contributed by atoms with Crippen LogP contribution < -0.4 is 15.6 Å². The summed E-state index contributed by atoms with van der Waals surface area (Å²) in [5.74, 6) is 0.623. The maximum Gasteiger partial charge on any atom is 0.273 e. The van der Waals surface area contributed by atoms with E-state index in [4.69, 9.17) is 16.3 Å². The molecule has 0 radical (unpaired) electrons. The molecule has 0 atom stereocenters. The van der Waals surface area contributed by atoms with Crippen LogP contribution >= 0.6 is 11.6 Å². The molecule has 0 aliphatic heterocycles. The average Bonchev–Trinajstić information content (AvgIpc) is 2.85. The van der Waals surface area contributed by atoms with E-state index in [-0.39, 0.29) is 24.3 Å². The van der Waals surface area contributed by atoms with Gasteiger partial charge >= 0.3 is 0 Å². The molecule has 0 saturated carbocycles. The van der Waals surface area contributed by atoms with Crippen molar-refractivity contribution in [3.05, 3.63) is 105 Å². The second kappa shape index (κ2) is 10.3. The molecule has 1 N–H and O–H groups in total. The number of carbonyl (C=O) groups is 1. The topological polar surface area (TPSA) is 73.2 Å². The van der Waals surface area contributed by atoms with Crippen LogP contribution in [0.2, 0.25) is 5.02 Å². The summed E-state index contributed by atoms with van der Waals surface area (Å²) in [5, 5.41) is 3.49. The molecular weight excluding hydrogens is 438 g/mol. The van der Waals surface area contributed by atoms with Crippen LogP contribution in [-0.4, -0.2) is 22.6 Å². The molecule has 6 nitrogen and oxygen atoms in total. The Labute approximate surface area is 196 Å². The minimum Gasteiger partial charge on any atom is -0.497 e. The lowest BCUT2D eigenvalue weighted by atomic mass is 10.1. The number of fused-ring (bicyclic) bond motifs is 1. The summed E-state index contributed by atoms with van der Waals surface area (Å²) >= 11 is 6.33. The number of ether oxygens (including phenoxy) is 1. The predicted molar refractivity (Wildman–Crippen MR) is 130 cm³/mol. The maximum atomic E-state index is 13.3. The number of hydrogen-bond acceptors (Lipinski definition) is 4. The molecule has 1 heterocycles. The molecule has 0 fully saturated rings. The van der Waals surface area contributed by atoms with Gasteiger partial charge in [0.05, 0.1) is 24.7 Å². The number of methoxy groups -OCH3 is 1. The lowest BCUT2D eigenvalue weighted by Crippen LogP contribution is -2.28. The first-order valence-corrected chi connectivity index (χ1v) is 11.0. The van der Waals surface area contributed by atoms with Gasteiger partial charge in [-0.05, 0) is 41.5 Å². The fraction of sp³-hybridized carbons (Fsp3) is 0.192. The fourth-order valence-corrected chi connectivity index (χ4v) is 3.82. The molecule has 0 spiro atoms. The molecular formula is C26H24ClN3O3. The Morgan fingerprint density at radius 1 is 1.03 bits per heavy atom. The molecule has 4 aromatic rings. The molecule has 0 bridgehead atoms. The summed E-state index contributed by atoms with van der Waals surface area (Å²) in [4.78, 5) is 30.2. The highest BCUT2D eigenvalue weighted by atomic mass is 35.5. The smallest absolute Gasteiger partial charge is 0.273 e. The van der Waals surface area contributed by atoms with Crippen molar-refractivity contribution in [1.82, 2.24) is 14.9 Å². The van der Waals surface area contributed by atoms with Gasteiger partial charge in [-0.3, -0.25) is 9.59 Å². The SMILES string of the molecule is COc1ccc(CNC(=O)CCc2nc3ccccc3n(Cc3ccccc3Cl)c2=O)cc1. The Kier molecular flexibility index (Phi) is 7.05. The Morgan fingerprint density at radius 3 is 2.52 bits per heavy atom. The Bertz CT molecular complexity index is 1330. The molecule has 7 heteroatoms. The first-order chi connectivity index (χ1) is 16.0. The van der Waals surface area contributed by atoms with E-state index in [1.54, 1.807) is 17.7 Å². The van der Waals surface area contributed by atoms with E-state index in [1.165, 1.54) is 0 Å². The van der Waals surface area contributed by atoms with E-state index in [1.807, 2.05) is 66.7 Å². The van der Waals surface area contributed by atoms with Crippen molar-refractivity contribution in [1.29, 1.82) is 0 Å². The zero-order valence-corrected chi connectivity index (χ0v) is 19.0. The zero-order valence-electron chi connectivity index (χ0n) is 18.3. The molecule has 1 amide bonds. The molecule has 3 aromatic carbocycles. The molecule has 4 rings (SSSR count). The summed E-state index contributed by atoms with van der Waals surface area (Å²) in [6.07, 6.45) is 0.420. The largest absolute Gasteiger partial charge is 0.497 e. The number of nitrogens with zero attached hydrogens (tertiary/aromatic N) is 2. The van der Waals surface area contributed by atoms with E-state index in [0.717, 1.165) is 22.4 Å². The lowest BCUT2D eigenvalue weighted by molar-refractivity contribution is -0.121. The standard InChI is InChI=1S/C26H24ClN3O3/c1-33-20-12-10-18(11-13-20)16-28-25(31)15-14-23-26(32)30(17-19-6-2-3-7-21(19)27)24-9-5-4-8-22(24)29-23/h2-13H,14-17H2,1H3,(H,28,31). The normalized spacial score (nSPS) is 10.8. The van der Waals surface area contributed by atoms with E-state index in [2.05, 4.69) is 10.3 Å². The third-order valence-electron chi connectivity index (χ3n) is 5.44. The highest BCUT2D eigenvalue weighted by Gasteiger charge is 2.14. The molecule has 0 aliphatic carbocycles. The van der Waals surface area contributed by atoms with Crippen molar-refractivity contribution in [2.75, 3.05) is 7.11 Å². The van der Waals surface area contributed by atoms with Gasteiger partial charge in [-0.15, -0.1) is 0 Å². The second-order valence-corrected chi connectivity index (χ2v) is 8.06. The number of aryl methyl sites for hydroxylation is 1. The summed E-state index contributed by atoms with van der Waals surface area (Å²) in [6.45, 7) is 0.739. The van der Waals surface area contributed by atoms with Crippen LogP contribution in [0.5, 0.6) is 5.75 Å². The van der Waals surface area contributed by atoms with Crippen LogP contribution in [-0.2, 0) is 24.3 Å². The van der Waals surface area contributed by atoms with Crippen LogP contribution in [0, 0.1) is 0 Å². The average molecular weight is 462 g/mol. The first-order valence-electron chi connectivity index (χ1n) is 10.7. The number of rotatable bonds is 8. The van der Waals surface area contributed by atoms with Crippen molar-refractivity contribution < 1.29 is 9.53 Å². The van der Waals surface area contributed by atoms with Gasteiger partial charge in [-0.2, -0.15) is 0 Å². The molecule has 0 aliphatic rings. The maximum absolute atomic E-state index is 13.3. The number of nitrogens with one attached hydrogen (secondary N) is 1. The highest BCUT2D eigenvalue weighted by molar-refractivity contribution is 6.31. The Balaban J connectivity index is 1.50. The van der Waals surface area contributed by atoms with E-state index in [9.17, 15) is 9.59 Å². The van der Waals surface area contributed by atoms with Crippen LogP contribution in [0.4, 0.5) is 0 Å². The zero-order chi connectivity index (χ0) is 23.2. The summed E-state index contributed by atoms with van der Waals surface area (Å²) in [5.41, 5.74) is 3.40. The van der Waals surface area contributed by atoms with Crippen molar-refractivity contribution in [3.8, 4) is 5.75 Å². The number of amides is 1. The monoisotopic (exact) mass is 461 g/mol. The van der Waals surface area contributed by atoms with Crippen molar-refractivity contribution >= 4 is 28.5 Å². The lowest BCUT2D eigenvalue weighted by Gasteiger charge is -2.13. The van der Waals surface area contributed by atoms with E-state index < -0.39 is 0 Å². The van der Waals surface area contributed by atoms with Crippen molar-refractivity contribution in [2.24, 2.45) is 0 Å². The molecule has 33 heavy (non-hydrogen) atoms. The minimum atomic E-state index is -0.212. The van der Waals surface area contributed by atoms with Gasteiger partial charge < -0.3 is 14.6 Å². The van der Waals surface area contributed by atoms with Gasteiger partial charge in [-0.25, -0.2) is 4.98 Å². The fourth-order valence-electron chi connectivity index (χ4n) is 3.63. The summed E-state index contributed by atoms with van der Waals surface area (Å²) < 4.78 is 6.82. The van der Waals surface area contributed by atoms with Gasteiger partial charge in [0.2, 0.25) is 5.91 Å². The first kappa shape index (κ1) is 22.6. The molecule has 0 saturated heterocycles. The third kappa shape index (κ3) is 5.41. The number of carbonyl (C=O) groups excluding carboxylic acids is 1. The van der Waals surface area contributed by atoms with Gasteiger partial charge in [0.15, 0.2) is 0 Å². The number of hydrogen-bond donors (Lipinski definition) is 1. The van der Waals surface area contributed by atoms with Gasteiger partial charge in [0.25, 0.3) is 5.56 Å². The third-order valence-corrected chi connectivity index (χ3v) is 5.81. The van der Waals surface area contributed by atoms with Crippen LogP contribution in [0.3, 0.4) is 0 Å². The quantitative estimate of drug-likeness (QED) is 0.423. The van der Waals surface area contributed by atoms with E-state index >= 15 is 0 Å². The second-order valence-electron chi connectivity index (χ2n) is 7.65. The van der Waals surface area contributed by atoms with Gasteiger partial charge in [0, 0.05) is 24.4 Å². The number of halogens is 1. The molecule has 0 unspecified atom stereocenters. The highest BCUT2D eigenvalue weighted by Crippen LogP contribution is 2.18. The van der Waals surface area contributed by atoms with Crippen molar-refractivity contribution in [2.45, 2.75) is 25.9 Å². The van der Waals surface area contributed by atoms with Crippen LogP contribution in [0.25, 0.3) is 11.0 Å². The Hall–Kier alpha value is -3.64. The molecule has 1 aromatic heterocycles. The van der Waals surface area contributed by atoms with Crippen LogP contribution in [0.15, 0.2) is 77.6 Å². The van der Waals surface area contributed by atoms with Crippen LogP contribution in [0.1, 0.15) is 23.2 Å². The van der Waals surface area contributed by atoms with Gasteiger partial charge in [-0.1, -0.05) is 54.1 Å². The predicted octanol–water partition coefficient (Wildman–Crippen LogP) is 4.36. The summed E-state index contributed by atoms with van der Waals surface area (Å²) in [6, 6.07) is 22.4. The molecule has 168 valence electrons. The Morgan fingerprint density at radius 2 is 1.76 bits per heavy atom. The van der Waals surface area contributed by atoms with Gasteiger partial charge in [0.1, 0.15) is 11.4 Å². The number of para-hydroxylation sites is 2. The van der Waals surface area contributed by atoms with Crippen molar-refractivity contribution in [3.63, 3.8) is 0 Å².